The molecule has 2 atom stereocenters. The summed E-state index contributed by atoms with van der Waals surface area (Å²) in [5.41, 5.74) is 0.936. The van der Waals surface area contributed by atoms with Crippen LogP contribution in [0.5, 0.6) is 0 Å². The number of ether oxygens (including phenoxy) is 1. The van der Waals surface area contributed by atoms with Crippen LogP contribution in [0.25, 0.3) is 0 Å². The minimum atomic E-state index is -0.234. The summed E-state index contributed by atoms with van der Waals surface area (Å²) in [7, 11) is 1.40. The number of esters is 1. The summed E-state index contributed by atoms with van der Waals surface area (Å²) in [6, 6.07) is 6.56. The molecule has 1 aromatic carbocycles. The first-order chi connectivity index (χ1) is 8.20. The quantitative estimate of drug-likeness (QED) is 0.795. The molecule has 1 aromatic rings. The summed E-state index contributed by atoms with van der Waals surface area (Å²) in [4.78, 5) is 11.5. The molecule has 0 aromatic heterocycles. The molecule has 0 spiro atoms. The maximum absolute atomic E-state index is 13.1. The highest BCUT2D eigenvalue weighted by Crippen LogP contribution is 2.27. The van der Waals surface area contributed by atoms with Crippen molar-refractivity contribution in [1.82, 2.24) is 5.32 Å². The van der Waals surface area contributed by atoms with Crippen molar-refractivity contribution in [1.29, 1.82) is 0 Å². The van der Waals surface area contributed by atoms with Crippen LogP contribution < -0.4 is 5.32 Å². The van der Waals surface area contributed by atoms with Gasteiger partial charge in [0.1, 0.15) is 5.82 Å². The maximum atomic E-state index is 13.1. The van der Waals surface area contributed by atoms with Gasteiger partial charge in [0.25, 0.3) is 0 Å². The summed E-state index contributed by atoms with van der Waals surface area (Å²) >= 11 is 0. The third kappa shape index (κ3) is 2.82. The van der Waals surface area contributed by atoms with E-state index < -0.39 is 0 Å². The molecular weight excluding hydrogens is 221 g/mol. The predicted octanol–water partition coefficient (Wildman–Crippen LogP) is 1.69. The highest BCUT2D eigenvalue weighted by molar-refractivity contribution is 5.72. The molecule has 0 amide bonds. The molecule has 0 saturated carbocycles. The minimum absolute atomic E-state index is 0.137. The van der Waals surface area contributed by atoms with Crippen molar-refractivity contribution in [2.75, 3.05) is 20.2 Å². The van der Waals surface area contributed by atoms with Crippen LogP contribution in [0, 0.1) is 11.7 Å². The molecule has 1 N–H and O–H groups in total. The fourth-order valence-corrected chi connectivity index (χ4v) is 2.30. The molecule has 0 aliphatic carbocycles. The van der Waals surface area contributed by atoms with E-state index in [9.17, 15) is 9.18 Å². The largest absolute Gasteiger partial charge is 0.469 e. The molecule has 17 heavy (non-hydrogen) atoms. The number of hydrogen-bond acceptors (Lipinski definition) is 3. The summed E-state index contributed by atoms with van der Waals surface area (Å²) in [6.07, 6.45) is 0.711. The van der Waals surface area contributed by atoms with E-state index in [2.05, 4.69) is 5.32 Å². The van der Waals surface area contributed by atoms with Crippen molar-refractivity contribution in [3.8, 4) is 0 Å². The van der Waals surface area contributed by atoms with Crippen molar-refractivity contribution >= 4 is 5.97 Å². The molecule has 0 bridgehead atoms. The normalized spacial score (nSPS) is 24.4. The number of rotatable bonds is 2. The predicted molar refractivity (Wildman–Crippen MR) is 62.1 cm³/mol. The lowest BCUT2D eigenvalue weighted by molar-refractivity contribution is -0.146. The van der Waals surface area contributed by atoms with Crippen LogP contribution in [0.15, 0.2) is 24.3 Å². The van der Waals surface area contributed by atoms with Gasteiger partial charge in [-0.15, -0.1) is 0 Å². The van der Waals surface area contributed by atoms with Crippen molar-refractivity contribution < 1.29 is 13.9 Å². The first-order valence-electron chi connectivity index (χ1n) is 5.74. The lowest BCUT2D eigenvalue weighted by Crippen LogP contribution is -2.39. The minimum Gasteiger partial charge on any atom is -0.469 e. The smallest absolute Gasteiger partial charge is 0.309 e. The number of benzene rings is 1. The van der Waals surface area contributed by atoms with E-state index in [0.29, 0.717) is 13.0 Å². The lowest BCUT2D eigenvalue weighted by Gasteiger charge is -2.28. The van der Waals surface area contributed by atoms with E-state index in [4.69, 9.17) is 4.74 Å². The van der Waals surface area contributed by atoms with Crippen LogP contribution in [0.1, 0.15) is 17.9 Å². The van der Waals surface area contributed by atoms with Gasteiger partial charge in [-0.05, 0) is 30.0 Å². The Morgan fingerprint density at radius 1 is 1.47 bits per heavy atom. The molecule has 2 rings (SSSR count). The Morgan fingerprint density at radius 2 is 2.29 bits per heavy atom. The number of hydrogen-bond donors (Lipinski definition) is 1. The van der Waals surface area contributed by atoms with Crippen LogP contribution in [0.2, 0.25) is 0 Å². The van der Waals surface area contributed by atoms with Crippen LogP contribution in [0.3, 0.4) is 0 Å². The fraction of sp³-hybridized carbons (Fsp3) is 0.462. The fourth-order valence-electron chi connectivity index (χ4n) is 2.30. The third-order valence-electron chi connectivity index (χ3n) is 3.21. The molecule has 1 aliphatic heterocycles. The van der Waals surface area contributed by atoms with Crippen molar-refractivity contribution in [3.05, 3.63) is 35.6 Å². The van der Waals surface area contributed by atoms with E-state index in [1.165, 1.54) is 19.2 Å². The van der Waals surface area contributed by atoms with Gasteiger partial charge in [0.05, 0.1) is 13.0 Å². The Morgan fingerprint density at radius 3 is 3.00 bits per heavy atom. The number of carbonyl (C=O) groups excluding carboxylic acids is 1. The standard InChI is InChI=1S/C13H16FNO2/c1-17-13(16)11-5-10(7-15-8-11)9-3-2-4-12(14)6-9/h2-4,6,10-11,15H,5,7-8H2,1H3/t10-,11+/m0/s1. The summed E-state index contributed by atoms with van der Waals surface area (Å²) < 4.78 is 17.9. The average molecular weight is 237 g/mol. The SMILES string of the molecule is COC(=O)[C@H]1CNC[C@@H](c2cccc(F)c2)C1. The zero-order chi connectivity index (χ0) is 12.3. The van der Waals surface area contributed by atoms with Crippen LogP contribution in [-0.2, 0) is 9.53 Å². The molecular formula is C13H16FNO2. The second-order valence-electron chi connectivity index (χ2n) is 4.37. The number of methoxy groups -OCH3 is 1. The van der Waals surface area contributed by atoms with Crippen molar-refractivity contribution in [2.45, 2.75) is 12.3 Å². The zero-order valence-electron chi connectivity index (χ0n) is 9.78. The van der Waals surface area contributed by atoms with Gasteiger partial charge in [-0.3, -0.25) is 4.79 Å². The number of piperidine rings is 1. The average Bonchev–Trinajstić information content (AvgIpc) is 2.38. The monoisotopic (exact) mass is 237 g/mol. The third-order valence-corrected chi connectivity index (χ3v) is 3.21. The number of nitrogens with one attached hydrogen (secondary N) is 1. The Kier molecular flexibility index (Phi) is 3.74. The van der Waals surface area contributed by atoms with E-state index >= 15 is 0 Å². The molecule has 1 fully saturated rings. The van der Waals surface area contributed by atoms with Gasteiger partial charge in [-0.25, -0.2) is 4.39 Å². The van der Waals surface area contributed by atoms with Gasteiger partial charge < -0.3 is 10.1 Å². The summed E-state index contributed by atoms with van der Waals surface area (Å²) in [5, 5.41) is 3.19. The van der Waals surface area contributed by atoms with E-state index in [0.717, 1.165) is 12.1 Å². The molecule has 0 radical (unpaired) electrons. The molecule has 1 heterocycles. The topological polar surface area (TPSA) is 38.3 Å². The number of carbonyl (C=O) groups is 1. The van der Waals surface area contributed by atoms with Gasteiger partial charge >= 0.3 is 5.97 Å². The van der Waals surface area contributed by atoms with Gasteiger partial charge in [0.2, 0.25) is 0 Å². The Bertz CT molecular complexity index is 408. The molecule has 1 aliphatic rings. The summed E-state index contributed by atoms with van der Waals surface area (Å²) in [5.74, 6) is -0.396. The van der Waals surface area contributed by atoms with Gasteiger partial charge in [0.15, 0.2) is 0 Å². The lowest BCUT2D eigenvalue weighted by atomic mass is 9.85. The molecule has 4 heteroatoms. The second kappa shape index (κ2) is 5.27. The van der Waals surface area contributed by atoms with Crippen LogP contribution in [-0.4, -0.2) is 26.2 Å². The van der Waals surface area contributed by atoms with E-state index in [1.54, 1.807) is 6.07 Å². The highest BCUT2D eigenvalue weighted by atomic mass is 19.1. The van der Waals surface area contributed by atoms with Gasteiger partial charge in [-0.2, -0.15) is 0 Å². The van der Waals surface area contributed by atoms with Crippen LogP contribution in [0.4, 0.5) is 4.39 Å². The van der Waals surface area contributed by atoms with Crippen molar-refractivity contribution in [2.24, 2.45) is 5.92 Å². The van der Waals surface area contributed by atoms with Crippen LogP contribution >= 0.6 is 0 Å². The molecule has 0 unspecified atom stereocenters. The van der Waals surface area contributed by atoms with Crippen molar-refractivity contribution in [3.63, 3.8) is 0 Å². The maximum Gasteiger partial charge on any atom is 0.309 e. The molecule has 92 valence electrons. The second-order valence-corrected chi connectivity index (χ2v) is 4.37. The first kappa shape index (κ1) is 12.0. The van der Waals surface area contributed by atoms with Gasteiger partial charge in [-0.1, -0.05) is 12.1 Å². The number of halogens is 1. The summed E-state index contributed by atoms with van der Waals surface area (Å²) in [6.45, 7) is 1.41. The Labute approximate surface area is 100.0 Å². The Hall–Kier alpha value is -1.42. The van der Waals surface area contributed by atoms with E-state index in [1.807, 2.05) is 6.07 Å². The highest BCUT2D eigenvalue weighted by Gasteiger charge is 2.28. The van der Waals surface area contributed by atoms with Gasteiger partial charge in [0, 0.05) is 13.1 Å². The molecule has 3 nitrogen and oxygen atoms in total. The zero-order valence-corrected chi connectivity index (χ0v) is 9.78. The first-order valence-corrected chi connectivity index (χ1v) is 5.74. The Balaban J connectivity index is 2.09. The molecule has 1 saturated heterocycles. The van der Waals surface area contributed by atoms with E-state index in [-0.39, 0.29) is 23.6 Å².